The van der Waals surface area contributed by atoms with Gasteiger partial charge in [0.1, 0.15) is 0 Å². The molecule has 0 atom stereocenters. The van der Waals surface area contributed by atoms with E-state index in [1.165, 1.54) is 11.1 Å². The number of hydrogen-bond acceptors (Lipinski definition) is 3. The molecule has 5 heteroatoms. The van der Waals surface area contributed by atoms with Gasteiger partial charge in [-0.1, -0.05) is 45.9 Å². The molecule has 28 heavy (non-hydrogen) atoms. The Morgan fingerprint density at radius 1 is 0.964 bits per heavy atom. The third-order valence-electron chi connectivity index (χ3n) is 5.70. The highest BCUT2D eigenvalue weighted by Crippen LogP contribution is 2.34. The summed E-state index contributed by atoms with van der Waals surface area (Å²) in [7, 11) is 1.62. The first-order chi connectivity index (χ1) is 13.3. The Hall–Kier alpha value is -1.88. The summed E-state index contributed by atoms with van der Waals surface area (Å²) >= 11 is 0. The lowest BCUT2D eigenvalue weighted by molar-refractivity contribution is -0.128. The molecule has 1 aliphatic rings. The van der Waals surface area contributed by atoms with E-state index in [1.807, 2.05) is 0 Å². The molecule has 2 N–H and O–H groups in total. The number of anilines is 1. The van der Waals surface area contributed by atoms with Crippen molar-refractivity contribution in [3.05, 3.63) is 29.3 Å². The highest BCUT2D eigenvalue weighted by Gasteiger charge is 2.30. The molecule has 1 aromatic rings. The topological polar surface area (TPSA) is 67.4 Å². The van der Waals surface area contributed by atoms with Crippen LogP contribution in [0.1, 0.15) is 76.3 Å². The summed E-state index contributed by atoms with van der Waals surface area (Å²) in [4.78, 5) is 25.2. The van der Waals surface area contributed by atoms with Crippen LogP contribution in [0.4, 0.5) is 5.69 Å². The van der Waals surface area contributed by atoms with E-state index in [4.69, 9.17) is 4.74 Å². The number of para-hydroxylation sites is 1. The zero-order chi connectivity index (χ0) is 20.7. The molecule has 1 aromatic carbocycles. The summed E-state index contributed by atoms with van der Waals surface area (Å²) in [5, 5.41) is 6.15. The van der Waals surface area contributed by atoms with Gasteiger partial charge in [-0.25, -0.2) is 0 Å². The van der Waals surface area contributed by atoms with Gasteiger partial charge in [0.15, 0.2) is 0 Å². The van der Waals surface area contributed by atoms with Crippen molar-refractivity contribution in [1.82, 2.24) is 5.32 Å². The van der Waals surface area contributed by atoms with E-state index < -0.39 is 0 Å². The Morgan fingerprint density at radius 3 is 1.93 bits per heavy atom. The Labute approximate surface area is 169 Å². The standard InChI is InChI=1S/C23H36N2O3/c1-15(2)19-7-6-8-20(16(3)4)21(19)25-23(27)18-11-9-17(10-12-18)22(26)24-13-14-28-5/h6-8,15-18H,9-14H2,1-5H3,(H,24,26)(H,25,27). The number of methoxy groups -OCH3 is 1. The van der Waals surface area contributed by atoms with Gasteiger partial charge in [0, 0.05) is 31.2 Å². The molecule has 0 saturated heterocycles. The van der Waals surface area contributed by atoms with Crippen molar-refractivity contribution in [1.29, 1.82) is 0 Å². The molecular weight excluding hydrogens is 352 g/mol. The monoisotopic (exact) mass is 388 g/mol. The molecule has 1 fully saturated rings. The van der Waals surface area contributed by atoms with Crippen LogP contribution < -0.4 is 10.6 Å². The minimum absolute atomic E-state index is 0.00933. The van der Waals surface area contributed by atoms with Crippen LogP contribution in [-0.2, 0) is 14.3 Å². The molecule has 1 saturated carbocycles. The summed E-state index contributed by atoms with van der Waals surface area (Å²) in [6.07, 6.45) is 3.05. The van der Waals surface area contributed by atoms with Crippen molar-refractivity contribution in [3.8, 4) is 0 Å². The van der Waals surface area contributed by atoms with Gasteiger partial charge in [-0.2, -0.15) is 0 Å². The van der Waals surface area contributed by atoms with Crippen molar-refractivity contribution >= 4 is 17.5 Å². The number of nitrogens with one attached hydrogen (secondary N) is 2. The quantitative estimate of drug-likeness (QED) is 0.647. The minimum atomic E-state index is -0.0248. The van der Waals surface area contributed by atoms with E-state index in [0.29, 0.717) is 25.0 Å². The maximum absolute atomic E-state index is 13.0. The SMILES string of the molecule is COCCNC(=O)C1CCC(C(=O)Nc2c(C(C)C)cccc2C(C)C)CC1. The fraction of sp³-hybridized carbons (Fsp3) is 0.652. The lowest BCUT2D eigenvalue weighted by Gasteiger charge is -2.28. The molecule has 0 heterocycles. The predicted octanol–water partition coefficient (Wildman–Crippen LogP) is 4.44. The van der Waals surface area contributed by atoms with Gasteiger partial charge in [0.05, 0.1) is 6.61 Å². The van der Waals surface area contributed by atoms with Crippen molar-refractivity contribution in [3.63, 3.8) is 0 Å². The number of ether oxygens (including phenoxy) is 1. The average molecular weight is 389 g/mol. The van der Waals surface area contributed by atoms with Crippen LogP contribution in [0, 0.1) is 11.8 Å². The Morgan fingerprint density at radius 2 is 1.46 bits per heavy atom. The maximum atomic E-state index is 13.0. The zero-order valence-corrected chi connectivity index (χ0v) is 18.0. The molecule has 0 aromatic heterocycles. The first-order valence-electron chi connectivity index (χ1n) is 10.5. The second-order valence-corrected chi connectivity index (χ2v) is 8.44. The van der Waals surface area contributed by atoms with E-state index >= 15 is 0 Å². The lowest BCUT2D eigenvalue weighted by atomic mass is 9.81. The number of benzene rings is 1. The van der Waals surface area contributed by atoms with Crippen molar-refractivity contribution in [2.45, 2.75) is 65.2 Å². The Balaban J connectivity index is 1.99. The molecule has 1 aliphatic carbocycles. The predicted molar refractivity (Wildman–Crippen MR) is 114 cm³/mol. The molecule has 0 bridgehead atoms. The van der Waals surface area contributed by atoms with Crippen LogP contribution in [0.2, 0.25) is 0 Å². The van der Waals surface area contributed by atoms with E-state index in [9.17, 15) is 9.59 Å². The average Bonchev–Trinajstić information content (AvgIpc) is 2.68. The van der Waals surface area contributed by atoms with Crippen molar-refractivity contribution in [2.24, 2.45) is 11.8 Å². The van der Waals surface area contributed by atoms with E-state index in [1.54, 1.807) is 7.11 Å². The first-order valence-corrected chi connectivity index (χ1v) is 10.5. The molecule has 0 spiro atoms. The molecular formula is C23H36N2O3. The largest absolute Gasteiger partial charge is 0.383 e. The van der Waals surface area contributed by atoms with Crippen molar-refractivity contribution < 1.29 is 14.3 Å². The van der Waals surface area contributed by atoms with E-state index in [-0.39, 0.29) is 23.7 Å². The smallest absolute Gasteiger partial charge is 0.227 e. The maximum Gasteiger partial charge on any atom is 0.227 e. The Kier molecular flexibility index (Phi) is 8.49. The van der Waals surface area contributed by atoms with Gasteiger partial charge in [-0.15, -0.1) is 0 Å². The van der Waals surface area contributed by atoms with Crippen LogP contribution in [-0.4, -0.2) is 32.1 Å². The highest BCUT2D eigenvalue weighted by atomic mass is 16.5. The molecule has 156 valence electrons. The Bertz CT molecular complexity index is 636. The fourth-order valence-electron chi connectivity index (χ4n) is 3.96. The molecule has 0 aliphatic heterocycles. The summed E-state index contributed by atoms with van der Waals surface area (Å²) in [5.41, 5.74) is 3.36. The van der Waals surface area contributed by atoms with Gasteiger partial charge >= 0.3 is 0 Å². The minimum Gasteiger partial charge on any atom is -0.383 e. The highest BCUT2D eigenvalue weighted by molar-refractivity contribution is 5.94. The van der Waals surface area contributed by atoms with Crippen molar-refractivity contribution in [2.75, 3.05) is 25.6 Å². The van der Waals surface area contributed by atoms with Crippen LogP contribution in [0.3, 0.4) is 0 Å². The normalized spacial score (nSPS) is 19.7. The van der Waals surface area contributed by atoms with Crippen LogP contribution in [0.5, 0.6) is 0 Å². The first kappa shape index (κ1) is 22.4. The molecule has 2 amide bonds. The van der Waals surface area contributed by atoms with Crippen LogP contribution in [0.15, 0.2) is 18.2 Å². The third kappa shape index (κ3) is 5.81. The summed E-state index contributed by atoms with van der Waals surface area (Å²) in [5.74, 6) is 0.857. The molecule has 5 nitrogen and oxygen atoms in total. The van der Waals surface area contributed by atoms with Crippen LogP contribution in [0.25, 0.3) is 0 Å². The second kappa shape index (κ2) is 10.6. The van der Waals surface area contributed by atoms with Gasteiger partial charge in [0.2, 0.25) is 11.8 Å². The molecule has 0 unspecified atom stereocenters. The molecule has 0 radical (unpaired) electrons. The summed E-state index contributed by atoms with van der Waals surface area (Å²) in [6, 6.07) is 6.29. The number of amides is 2. The van der Waals surface area contributed by atoms with Gasteiger partial charge in [-0.05, 0) is 48.6 Å². The number of hydrogen-bond donors (Lipinski definition) is 2. The second-order valence-electron chi connectivity index (χ2n) is 8.44. The number of carbonyl (C=O) groups excluding carboxylic acids is 2. The summed E-state index contributed by atoms with van der Waals surface area (Å²) < 4.78 is 4.97. The lowest BCUT2D eigenvalue weighted by Crippen LogP contribution is -2.37. The van der Waals surface area contributed by atoms with Gasteiger partial charge in [-0.3, -0.25) is 9.59 Å². The van der Waals surface area contributed by atoms with Crippen LogP contribution >= 0.6 is 0 Å². The number of carbonyl (C=O) groups is 2. The summed E-state index contributed by atoms with van der Waals surface area (Å²) in [6.45, 7) is 9.69. The fourth-order valence-corrected chi connectivity index (χ4v) is 3.96. The molecule has 2 rings (SSSR count). The number of rotatable bonds is 8. The van der Waals surface area contributed by atoms with Gasteiger partial charge < -0.3 is 15.4 Å². The van der Waals surface area contributed by atoms with Gasteiger partial charge in [0.25, 0.3) is 0 Å². The van der Waals surface area contributed by atoms with E-state index in [2.05, 4.69) is 56.5 Å². The van der Waals surface area contributed by atoms with E-state index in [0.717, 1.165) is 31.4 Å². The third-order valence-corrected chi connectivity index (χ3v) is 5.70. The zero-order valence-electron chi connectivity index (χ0n) is 18.0.